The molecule has 4 rings (SSSR count). The van der Waals surface area contributed by atoms with Gasteiger partial charge in [0.15, 0.2) is 0 Å². The van der Waals surface area contributed by atoms with Crippen LogP contribution < -0.4 is 0 Å². The van der Waals surface area contributed by atoms with Crippen LogP contribution in [0.4, 0.5) is 0 Å². The molecule has 0 atom stereocenters. The molecule has 0 saturated heterocycles. The molecular weight excluding hydrogens is 451 g/mol. The van der Waals surface area contributed by atoms with Crippen molar-refractivity contribution in [1.82, 2.24) is 4.57 Å². The maximum absolute atomic E-state index is 4.89. The summed E-state index contributed by atoms with van der Waals surface area (Å²) in [6.45, 7) is 10.8. The van der Waals surface area contributed by atoms with Crippen molar-refractivity contribution in [1.29, 1.82) is 0 Å². The molecule has 155 valence electrons. The van der Waals surface area contributed by atoms with Crippen LogP contribution in [0.5, 0.6) is 0 Å². The minimum atomic E-state index is -0.556. The van der Waals surface area contributed by atoms with Crippen molar-refractivity contribution in [3.05, 3.63) is 77.3 Å². The molecule has 1 radical (unpaired) electrons. The molecule has 0 N–H and O–H groups in total. The maximum Gasteiger partial charge on any atom is 0.0532 e. The van der Waals surface area contributed by atoms with Crippen LogP contribution >= 0.6 is 18.6 Å². The summed E-state index contributed by atoms with van der Waals surface area (Å²) in [5.74, 6) is 0. The first-order valence-electron chi connectivity index (χ1n) is 9.76. The fourth-order valence-electron chi connectivity index (χ4n) is 3.70. The Morgan fingerprint density at radius 2 is 1.55 bits per heavy atom. The number of nitrogens with zero attached hydrogens (tertiary/aromatic N) is 2. The molecule has 1 aliphatic rings. The summed E-state index contributed by atoms with van der Waals surface area (Å²) in [6, 6.07) is 19.4. The van der Waals surface area contributed by atoms with Gasteiger partial charge < -0.3 is 16.0 Å². The normalized spacial score (nSPS) is 12.7. The molecule has 2 nitrogen and oxygen atoms in total. The first-order valence-corrected chi connectivity index (χ1v) is 16.5. The minimum absolute atomic E-state index is 0.192. The Morgan fingerprint density at radius 3 is 2.10 bits per heavy atom. The Kier molecular flexibility index (Phi) is 10.0. The molecule has 0 spiro atoms. The van der Waals surface area contributed by atoms with Crippen molar-refractivity contribution in [3.63, 3.8) is 0 Å². The number of aromatic nitrogens is 1. The maximum atomic E-state index is 4.89. The summed E-state index contributed by atoms with van der Waals surface area (Å²) in [5, 5.41) is 1.41. The molecule has 2 aromatic carbocycles. The van der Waals surface area contributed by atoms with E-state index < -0.39 is 17.0 Å². The van der Waals surface area contributed by atoms with Crippen LogP contribution in [0.2, 0.25) is 13.1 Å². The molecule has 1 heterocycles. The van der Waals surface area contributed by atoms with Gasteiger partial charge in [-0.2, -0.15) is 6.42 Å². The van der Waals surface area contributed by atoms with Gasteiger partial charge in [-0.05, 0) is 23.9 Å². The second-order valence-electron chi connectivity index (χ2n) is 8.11. The van der Waals surface area contributed by atoms with E-state index in [-0.39, 0.29) is 14.5 Å². The van der Waals surface area contributed by atoms with Crippen molar-refractivity contribution >= 4 is 38.5 Å². The second-order valence-corrected chi connectivity index (χ2v) is 12.8. The summed E-state index contributed by atoms with van der Waals surface area (Å²) in [6.07, 6.45) is 4.56. The predicted molar refractivity (Wildman–Crippen MR) is 127 cm³/mol. The van der Waals surface area contributed by atoms with E-state index in [1.165, 1.54) is 27.8 Å². The molecule has 0 unspecified atom stereocenters. The zero-order valence-electron chi connectivity index (χ0n) is 17.8. The fraction of sp³-hybridized carbons (Fsp3) is 0.348. The Hall–Kier alpha value is -0.549. The van der Waals surface area contributed by atoms with Gasteiger partial charge >= 0.3 is 35.6 Å². The average Bonchev–Trinajstić information content (AvgIpc) is 3.22. The minimum Gasteiger partial charge on any atom is -0.318 e. The van der Waals surface area contributed by atoms with E-state index in [1.54, 1.807) is 0 Å². The van der Waals surface area contributed by atoms with Gasteiger partial charge in [-0.15, -0.1) is 12.0 Å². The van der Waals surface area contributed by atoms with Crippen LogP contribution in [0.15, 0.2) is 54.6 Å². The fourth-order valence-corrected chi connectivity index (χ4v) is 5.04. The van der Waals surface area contributed by atoms with Crippen molar-refractivity contribution in [2.24, 2.45) is 0 Å². The van der Waals surface area contributed by atoms with Gasteiger partial charge in [0, 0.05) is 11.1 Å². The second kappa shape index (κ2) is 11.7. The molecular formula is C23H29Cl2N2SiTi-2. The van der Waals surface area contributed by atoms with Gasteiger partial charge in [0.05, 0.1) is 5.52 Å². The summed E-state index contributed by atoms with van der Waals surface area (Å²) in [7, 11) is 9.41. The molecule has 0 amide bonds. The Bertz CT molecular complexity index is 889. The van der Waals surface area contributed by atoms with Crippen molar-refractivity contribution < 1.29 is 17.0 Å². The van der Waals surface area contributed by atoms with Crippen LogP contribution in [-0.2, 0) is 29.9 Å². The monoisotopic (exact) mass is 479 g/mol. The number of rotatable bonds is 2. The third-order valence-electron chi connectivity index (χ3n) is 4.35. The Labute approximate surface area is 194 Å². The van der Waals surface area contributed by atoms with E-state index in [0.717, 1.165) is 12.8 Å². The Morgan fingerprint density at radius 1 is 0.966 bits per heavy atom. The van der Waals surface area contributed by atoms with Crippen LogP contribution in [-0.4, -0.2) is 19.1 Å². The summed E-state index contributed by atoms with van der Waals surface area (Å²) in [4.78, 5) is 4.51. The number of benzene rings is 2. The van der Waals surface area contributed by atoms with Gasteiger partial charge in [-0.1, -0.05) is 84.8 Å². The predicted octanol–water partition coefficient (Wildman–Crippen LogP) is 7.72. The van der Waals surface area contributed by atoms with Gasteiger partial charge in [0.2, 0.25) is 0 Å². The average molecular weight is 480 g/mol. The topological polar surface area (TPSA) is 19.0 Å². The van der Waals surface area contributed by atoms with Gasteiger partial charge in [-0.25, -0.2) is 0 Å². The molecule has 0 fully saturated rings. The summed E-state index contributed by atoms with van der Waals surface area (Å²) >= 11 is -0.556. The number of hydrogen-bond donors (Lipinski definition) is 0. The summed E-state index contributed by atoms with van der Waals surface area (Å²) in [5.41, 5.74) is 5.77. The molecule has 29 heavy (non-hydrogen) atoms. The largest absolute Gasteiger partial charge is 0.318 e. The smallest absolute Gasteiger partial charge is 0.0532 e. The van der Waals surface area contributed by atoms with E-state index >= 15 is 0 Å². The standard InChI is InChI=1S/C17H14N.C6H15NSi.2ClH.Ti/c1-2-7-13(8-3-1)18-16-11-5-4-9-14(16)15-10-6-12-17(15)18;1-6(2,3)7-8(4)5;;;/h1-9,11H,10,12H2;1-5H3;2*1H;/q2*-1;;;+2/p-2. The van der Waals surface area contributed by atoms with Gasteiger partial charge in [-0.3, -0.25) is 0 Å². The molecule has 0 aliphatic heterocycles. The molecule has 6 heteroatoms. The van der Waals surface area contributed by atoms with Crippen molar-refractivity contribution in [2.45, 2.75) is 52.2 Å². The molecule has 1 aliphatic carbocycles. The molecule has 0 saturated carbocycles. The van der Waals surface area contributed by atoms with Crippen molar-refractivity contribution in [3.8, 4) is 5.69 Å². The number of halogens is 2. The molecule has 3 aromatic rings. The summed E-state index contributed by atoms with van der Waals surface area (Å²) < 4.78 is 2.41. The molecule has 0 bridgehead atoms. The first kappa shape index (κ1) is 24.7. The van der Waals surface area contributed by atoms with Gasteiger partial charge in [0.25, 0.3) is 0 Å². The van der Waals surface area contributed by atoms with Crippen molar-refractivity contribution in [2.75, 3.05) is 0 Å². The quantitative estimate of drug-likeness (QED) is 0.264. The van der Waals surface area contributed by atoms with E-state index in [0.29, 0.717) is 0 Å². The van der Waals surface area contributed by atoms with E-state index in [4.69, 9.17) is 18.6 Å². The van der Waals surface area contributed by atoms with Crippen LogP contribution in [0, 0.1) is 6.42 Å². The van der Waals surface area contributed by atoms with E-state index in [1.807, 2.05) is 0 Å². The van der Waals surface area contributed by atoms with Crippen LogP contribution in [0.3, 0.4) is 0 Å². The zero-order chi connectivity index (χ0) is 21.4. The first-order chi connectivity index (χ1) is 13.8. The van der Waals surface area contributed by atoms with Crippen LogP contribution in [0.1, 0.15) is 32.0 Å². The number of para-hydroxylation sites is 2. The molecule has 1 aromatic heterocycles. The third kappa shape index (κ3) is 7.27. The van der Waals surface area contributed by atoms with Crippen LogP contribution in [0.25, 0.3) is 21.6 Å². The van der Waals surface area contributed by atoms with E-state index in [2.05, 4.69) is 104 Å². The number of hydrogen-bond acceptors (Lipinski definition) is 0. The van der Waals surface area contributed by atoms with Gasteiger partial charge in [0.1, 0.15) is 0 Å². The third-order valence-corrected chi connectivity index (χ3v) is 5.47. The SMILES string of the molecule is C[Si](C)[N-]C(C)(C)C.[Cl][Ti][Cl].c1ccc(-n2c3c(c4ccccc42)C[CH-]C3)cc1. The zero-order valence-corrected chi connectivity index (χ0v) is 21.9. The Balaban J connectivity index is 0.000000232. The van der Waals surface area contributed by atoms with E-state index in [9.17, 15) is 0 Å². The number of fused-ring (bicyclic) bond motifs is 3.